The van der Waals surface area contributed by atoms with E-state index in [-0.39, 0.29) is 24.3 Å². The van der Waals surface area contributed by atoms with Crippen molar-refractivity contribution in [3.8, 4) is 11.5 Å². The van der Waals surface area contributed by atoms with E-state index in [1.807, 2.05) is 0 Å². The molecule has 2 rings (SSSR count). The predicted molar refractivity (Wildman–Crippen MR) is 88.3 cm³/mol. The minimum Gasteiger partial charge on any atom is -0.497 e. The molecule has 0 atom stereocenters. The largest absolute Gasteiger partial charge is 0.497 e. The van der Waals surface area contributed by atoms with Crippen molar-refractivity contribution in [3.63, 3.8) is 0 Å². The summed E-state index contributed by atoms with van der Waals surface area (Å²) in [6, 6.07) is 0.953. The number of hydrogen-bond donors (Lipinski definition) is 2. The van der Waals surface area contributed by atoms with E-state index in [0.29, 0.717) is 0 Å². The molecule has 0 saturated heterocycles. The molecule has 0 aliphatic rings. The zero-order chi connectivity index (χ0) is 22.3. The Morgan fingerprint density at radius 1 is 0.586 bits per heavy atom. The average Bonchev–Trinajstić information content (AvgIpc) is 2.60. The number of nitro benzene ring substituents is 4. The number of aromatic hydroxyl groups is 2. The minimum absolute atomic E-state index is 0.238. The van der Waals surface area contributed by atoms with Gasteiger partial charge in [-0.25, -0.2) is 8.42 Å². The molecule has 0 amide bonds. The number of phenols is 2. The summed E-state index contributed by atoms with van der Waals surface area (Å²) in [5.74, 6) is -2.89. The van der Waals surface area contributed by atoms with Crippen LogP contribution in [0.5, 0.6) is 11.5 Å². The van der Waals surface area contributed by atoms with E-state index in [1.54, 1.807) is 0 Å². The molecule has 0 aliphatic heterocycles. The summed E-state index contributed by atoms with van der Waals surface area (Å²) >= 11 is 0. The van der Waals surface area contributed by atoms with E-state index in [9.17, 15) is 59.1 Å². The average molecular weight is 430 g/mol. The van der Waals surface area contributed by atoms with Gasteiger partial charge in [-0.15, -0.1) is 0 Å². The van der Waals surface area contributed by atoms with Crippen LogP contribution >= 0.6 is 0 Å². The summed E-state index contributed by atoms with van der Waals surface area (Å²) < 4.78 is 25.4. The van der Waals surface area contributed by atoms with Gasteiger partial charge in [-0.3, -0.25) is 40.5 Å². The maximum atomic E-state index is 12.7. The number of sulfone groups is 1. The standard InChI is InChI=1S/C12H6N4O12S/c17-11-7(13(19)20)1-5(2-8(11)14(21)22)29(27,28)6-3-9(15(23)24)12(18)10(4-6)16(25)26/h1-4,17-18H. The molecule has 152 valence electrons. The fourth-order valence-corrected chi connectivity index (χ4v) is 3.50. The first-order valence-corrected chi connectivity index (χ1v) is 8.34. The predicted octanol–water partition coefficient (Wildman–Crippen LogP) is 1.56. The van der Waals surface area contributed by atoms with Crippen molar-refractivity contribution in [3.05, 3.63) is 64.7 Å². The summed E-state index contributed by atoms with van der Waals surface area (Å²) in [4.78, 5) is 36.3. The first kappa shape index (κ1) is 20.9. The Morgan fingerprint density at radius 2 is 0.793 bits per heavy atom. The number of hydrogen-bond acceptors (Lipinski definition) is 12. The van der Waals surface area contributed by atoms with Gasteiger partial charge in [0.1, 0.15) is 0 Å². The molecule has 17 heteroatoms. The second-order valence-corrected chi connectivity index (χ2v) is 7.10. The van der Waals surface area contributed by atoms with Crippen LogP contribution in [0.3, 0.4) is 0 Å². The molecule has 0 aliphatic carbocycles. The smallest absolute Gasteiger partial charge is 0.319 e. The summed E-state index contributed by atoms with van der Waals surface area (Å²) in [5.41, 5.74) is -5.44. The third-order valence-corrected chi connectivity index (χ3v) is 5.21. The molecule has 0 aromatic heterocycles. The van der Waals surface area contributed by atoms with Crippen LogP contribution in [0, 0.1) is 40.5 Å². The van der Waals surface area contributed by atoms with Gasteiger partial charge in [0.05, 0.1) is 29.5 Å². The molecule has 16 nitrogen and oxygen atoms in total. The number of rotatable bonds is 6. The maximum absolute atomic E-state index is 12.7. The van der Waals surface area contributed by atoms with Crippen LogP contribution in [0.2, 0.25) is 0 Å². The molecular weight excluding hydrogens is 424 g/mol. The highest BCUT2D eigenvalue weighted by Crippen LogP contribution is 2.42. The lowest BCUT2D eigenvalue weighted by Crippen LogP contribution is -2.06. The normalized spacial score (nSPS) is 11.0. The third kappa shape index (κ3) is 3.56. The Bertz CT molecular complexity index is 1050. The first-order chi connectivity index (χ1) is 13.3. The van der Waals surface area contributed by atoms with Crippen LogP contribution < -0.4 is 0 Å². The maximum Gasteiger partial charge on any atom is 0.319 e. The molecule has 0 fully saturated rings. The highest BCUT2D eigenvalue weighted by Gasteiger charge is 2.35. The van der Waals surface area contributed by atoms with Gasteiger partial charge in [-0.1, -0.05) is 0 Å². The van der Waals surface area contributed by atoms with Gasteiger partial charge in [-0.05, 0) is 0 Å². The lowest BCUT2D eigenvalue weighted by molar-refractivity contribution is -0.396. The number of phenolic OH excluding ortho intramolecular Hbond substituents is 2. The summed E-state index contributed by atoms with van der Waals surface area (Å²) in [6.07, 6.45) is 0. The van der Waals surface area contributed by atoms with E-state index in [2.05, 4.69) is 0 Å². The molecule has 0 heterocycles. The molecule has 2 aromatic carbocycles. The first-order valence-electron chi connectivity index (χ1n) is 6.85. The minimum atomic E-state index is -5.04. The van der Waals surface area contributed by atoms with Crippen LogP contribution in [0.15, 0.2) is 34.1 Å². The Balaban J connectivity index is 2.90. The van der Waals surface area contributed by atoms with Crippen LogP contribution in [0.1, 0.15) is 0 Å². The lowest BCUT2D eigenvalue weighted by atomic mass is 10.2. The Kier molecular flexibility index (Phi) is 5.01. The molecule has 0 radical (unpaired) electrons. The SMILES string of the molecule is O=[N+]([O-])c1cc(S(=O)(=O)c2cc([N+](=O)[O-])c(O)c([N+](=O)[O-])c2)cc([N+](=O)[O-])c1O. The van der Waals surface area contributed by atoms with E-state index in [0.717, 1.165) is 0 Å². The fraction of sp³-hybridized carbons (Fsp3) is 0. The van der Waals surface area contributed by atoms with Gasteiger partial charge in [0.2, 0.25) is 9.84 Å². The molecule has 2 aromatic rings. The topological polar surface area (TPSA) is 247 Å². The van der Waals surface area contributed by atoms with E-state index < -0.39 is 73.6 Å². The Hall–Kier alpha value is -4.41. The lowest BCUT2D eigenvalue weighted by Gasteiger charge is -2.07. The van der Waals surface area contributed by atoms with Crippen LogP contribution in [0.4, 0.5) is 22.7 Å². The zero-order valence-electron chi connectivity index (χ0n) is 13.5. The summed E-state index contributed by atoms with van der Waals surface area (Å²) in [5, 5.41) is 63.0. The Labute approximate surface area is 157 Å². The highest BCUT2D eigenvalue weighted by molar-refractivity contribution is 7.91. The van der Waals surface area contributed by atoms with Gasteiger partial charge < -0.3 is 10.2 Å². The summed E-state index contributed by atoms with van der Waals surface area (Å²) in [7, 11) is -5.04. The zero-order valence-corrected chi connectivity index (χ0v) is 14.3. The Morgan fingerprint density at radius 3 is 0.966 bits per heavy atom. The number of nitro groups is 4. The number of benzene rings is 2. The highest BCUT2D eigenvalue weighted by atomic mass is 32.2. The molecule has 0 unspecified atom stereocenters. The third-order valence-electron chi connectivity index (χ3n) is 3.49. The quantitative estimate of drug-likeness (QED) is 0.489. The van der Waals surface area contributed by atoms with E-state index in [1.165, 1.54) is 0 Å². The van der Waals surface area contributed by atoms with Crippen molar-refractivity contribution in [1.29, 1.82) is 0 Å². The van der Waals surface area contributed by atoms with Gasteiger partial charge in [0.15, 0.2) is 0 Å². The molecule has 0 saturated carbocycles. The monoisotopic (exact) mass is 430 g/mol. The van der Waals surface area contributed by atoms with Crippen molar-refractivity contribution in [2.75, 3.05) is 0 Å². The van der Waals surface area contributed by atoms with Crippen molar-refractivity contribution in [2.24, 2.45) is 0 Å². The van der Waals surface area contributed by atoms with Gasteiger partial charge in [0, 0.05) is 24.3 Å². The second-order valence-electron chi connectivity index (χ2n) is 5.15. The van der Waals surface area contributed by atoms with Gasteiger partial charge in [-0.2, -0.15) is 0 Å². The van der Waals surface area contributed by atoms with Crippen LogP contribution in [-0.4, -0.2) is 38.3 Å². The molecule has 0 bridgehead atoms. The van der Waals surface area contributed by atoms with Crippen molar-refractivity contribution in [1.82, 2.24) is 0 Å². The van der Waals surface area contributed by atoms with Crippen molar-refractivity contribution in [2.45, 2.75) is 9.79 Å². The van der Waals surface area contributed by atoms with Crippen molar-refractivity contribution >= 4 is 32.6 Å². The second kappa shape index (κ2) is 6.96. The van der Waals surface area contributed by atoms with Crippen molar-refractivity contribution < 1.29 is 38.3 Å². The summed E-state index contributed by atoms with van der Waals surface area (Å²) in [6.45, 7) is 0. The molecule has 0 spiro atoms. The molecule has 2 N–H and O–H groups in total. The fourth-order valence-electron chi connectivity index (χ4n) is 2.16. The van der Waals surface area contributed by atoms with E-state index >= 15 is 0 Å². The van der Waals surface area contributed by atoms with Crippen LogP contribution in [0.25, 0.3) is 0 Å². The molecule has 29 heavy (non-hydrogen) atoms. The van der Waals surface area contributed by atoms with Crippen LogP contribution in [-0.2, 0) is 9.84 Å². The number of nitrogens with zero attached hydrogens (tertiary/aromatic N) is 4. The van der Waals surface area contributed by atoms with E-state index in [4.69, 9.17) is 0 Å². The van der Waals surface area contributed by atoms with Gasteiger partial charge >= 0.3 is 22.7 Å². The van der Waals surface area contributed by atoms with Gasteiger partial charge in [0.25, 0.3) is 11.5 Å². The molecular formula is C12H6N4O12S.